The molecule has 0 heterocycles. The van der Waals surface area contributed by atoms with Gasteiger partial charge in [0.05, 0.1) is 7.11 Å². The minimum atomic E-state index is -3.61. The summed E-state index contributed by atoms with van der Waals surface area (Å²) in [6, 6.07) is 4.53. The first-order valence-corrected chi connectivity index (χ1v) is 8.60. The van der Waals surface area contributed by atoms with Crippen molar-refractivity contribution in [3.63, 3.8) is 0 Å². The standard InChI is InChI=1S/C15H26N2O3S/c1-10(2)13(11(3)4)9-17-21(18,19)15-7-6-12(16)8-14(15)20-5/h6-8,10-11,13,17H,9,16H2,1-5H3. The second kappa shape index (κ2) is 7.13. The summed E-state index contributed by atoms with van der Waals surface area (Å²) in [7, 11) is -2.18. The average Bonchev–Trinajstić information content (AvgIpc) is 2.37. The van der Waals surface area contributed by atoms with Crippen LogP contribution in [-0.4, -0.2) is 22.1 Å². The van der Waals surface area contributed by atoms with Gasteiger partial charge in [0.25, 0.3) is 0 Å². The third-order valence-electron chi connectivity index (χ3n) is 3.70. The number of nitrogens with two attached hydrogens (primary N) is 1. The zero-order valence-electron chi connectivity index (χ0n) is 13.4. The molecule has 0 aliphatic carbocycles. The second-order valence-corrected chi connectivity index (χ2v) is 7.65. The lowest BCUT2D eigenvalue weighted by atomic mass is 9.86. The largest absolute Gasteiger partial charge is 0.495 e. The molecule has 5 nitrogen and oxygen atoms in total. The summed E-state index contributed by atoms with van der Waals surface area (Å²) in [5.74, 6) is 1.34. The fourth-order valence-electron chi connectivity index (χ4n) is 2.43. The molecule has 0 aliphatic rings. The van der Waals surface area contributed by atoms with Crippen molar-refractivity contribution in [2.24, 2.45) is 17.8 Å². The van der Waals surface area contributed by atoms with Crippen molar-refractivity contribution < 1.29 is 13.2 Å². The molecule has 0 atom stereocenters. The van der Waals surface area contributed by atoms with Crippen molar-refractivity contribution in [2.75, 3.05) is 19.4 Å². The summed E-state index contributed by atoms with van der Waals surface area (Å²) in [5, 5.41) is 0. The third-order valence-corrected chi connectivity index (χ3v) is 5.16. The lowest BCUT2D eigenvalue weighted by Crippen LogP contribution is -2.34. The van der Waals surface area contributed by atoms with Crippen LogP contribution in [0.2, 0.25) is 0 Å². The van der Waals surface area contributed by atoms with Gasteiger partial charge in [-0.05, 0) is 29.9 Å². The van der Waals surface area contributed by atoms with Crippen molar-refractivity contribution in [1.82, 2.24) is 4.72 Å². The summed E-state index contributed by atoms with van der Waals surface area (Å²) in [4.78, 5) is 0.116. The van der Waals surface area contributed by atoms with E-state index in [9.17, 15) is 8.42 Å². The molecule has 0 saturated carbocycles. The average molecular weight is 314 g/mol. The zero-order chi connectivity index (χ0) is 16.2. The molecule has 0 radical (unpaired) electrons. The first-order chi connectivity index (χ1) is 9.69. The van der Waals surface area contributed by atoms with Gasteiger partial charge in [0.15, 0.2) is 0 Å². The summed E-state index contributed by atoms with van der Waals surface area (Å²) in [6.07, 6.45) is 0. The molecule has 6 heteroatoms. The number of rotatable bonds is 7. The Hall–Kier alpha value is -1.27. The van der Waals surface area contributed by atoms with E-state index in [1.54, 1.807) is 6.07 Å². The molecule has 1 aromatic carbocycles. The van der Waals surface area contributed by atoms with Gasteiger partial charge in [0, 0.05) is 18.3 Å². The van der Waals surface area contributed by atoms with Crippen LogP contribution >= 0.6 is 0 Å². The van der Waals surface area contributed by atoms with E-state index in [-0.39, 0.29) is 16.6 Å². The number of sulfonamides is 1. The maximum absolute atomic E-state index is 12.4. The molecule has 0 saturated heterocycles. The van der Waals surface area contributed by atoms with Crippen LogP contribution in [0.1, 0.15) is 27.7 Å². The maximum atomic E-state index is 12.4. The molecular formula is C15H26N2O3S. The predicted octanol–water partition coefficient (Wildman–Crippen LogP) is 2.48. The SMILES string of the molecule is COc1cc(N)ccc1S(=O)(=O)NCC(C(C)C)C(C)C. The Bertz CT molecular complexity index is 560. The van der Waals surface area contributed by atoms with E-state index in [0.29, 0.717) is 24.1 Å². The summed E-state index contributed by atoms with van der Waals surface area (Å²) < 4.78 is 32.7. The summed E-state index contributed by atoms with van der Waals surface area (Å²) in [6.45, 7) is 8.81. The molecule has 0 bridgehead atoms. The fourth-order valence-corrected chi connectivity index (χ4v) is 3.65. The topological polar surface area (TPSA) is 81.4 Å². The highest BCUT2D eigenvalue weighted by Crippen LogP contribution is 2.26. The maximum Gasteiger partial charge on any atom is 0.244 e. The number of hydrogen-bond acceptors (Lipinski definition) is 4. The lowest BCUT2D eigenvalue weighted by molar-refractivity contribution is 0.289. The number of benzene rings is 1. The van der Waals surface area contributed by atoms with E-state index < -0.39 is 10.0 Å². The second-order valence-electron chi connectivity index (χ2n) is 5.91. The Balaban J connectivity index is 2.97. The quantitative estimate of drug-likeness (QED) is 0.758. The van der Waals surface area contributed by atoms with E-state index in [1.807, 2.05) is 0 Å². The third kappa shape index (κ3) is 4.61. The van der Waals surface area contributed by atoms with Crippen LogP contribution < -0.4 is 15.2 Å². The molecule has 1 rings (SSSR count). The van der Waals surface area contributed by atoms with Gasteiger partial charge in [-0.1, -0.05) is 27.7 Å². The van der Waals surface area contributed by atoms with E-state index in [4.69, 9.17) is 10.5 Å². The number of hydrogen-bond donors (Lipinski definition) is 2. The van der Waals surface area contributed by atoms with Crippen molar-refractivity contribution in [3.8, 4) is 5.75 Å². The van der Waals surface area contributed by atoms with Gasteiger partial charge in [0.1, 0.15) is 10.6 Å². The Kier molecular flexibility index (Phi) is 6.04. The van der Waals surface area contributed by atoms with Gasteiger partial charge < -0.3 is 10.5 Å². The number of nitrogen functional groups attached to an aromatic ring is 1. The van der Waals surface area contributed by atoms with Crippen molar-refractivity contribution in [1.29, 1.82) is 0 Å². The van der Waals surface area contributed by atoms with E-state index in [0.717, 1.165) is 0 Å². The smallest absolute Gasteiger partial charge is 0.244 e. The first-order valence-electron chi connectivity index (χ1n) is 7.12. The molecule has 0 aromatic heterocycles. The van der Waals surface area contributed by atoms with Crippen LogP contribution in [0.15, 0.2) is 23.1 Å². The summed E-state index contributed by atoms with van der Waals surface area (Å²) in [5.41, 5.74) is 6.12. The van der Waals surface area contributed by atoms with Crippen molar-refractivity contribution in [2.45, 2.75) is 32.6 Å². The Morgan fingerprint density at radius 2 is 1.76 bits per heavy atom. The van der Waals surface area contributed by atoms with Crippen LogP contribution in [0.4, 0.5) is 5.69 Å². The van der Waals surface area contributed by atoms with Crippen LogP contribution in [-0.2, 0) is 10.0 Å². The fraction of sp³-hybridized carbons (Fsp3) is 0.600. The van der Waals surface area contributed by atoms with Gasteiger partial charge in [-0.15, -0.1) is 0 Å². The Morgan fingerprint density at radius 3 is 2.24 bits per heavy atom. The highest BCUT2D eigenvalue weighted by atomic mass is 32.2. The minimum Gasteiger partial charge on any atom is -0.495 e. The number of anilines is 1. The van der Waals surface area contributed by atoms with Crippen molar-refractivity contribution in [3.05, 3.63) is 18.2 Å². The lowest BCUT2D eigenvalue weighted by Gasteiger charge is -2.25. The van der Waals surface area contributed by atoms with Gasteiger partial charge in [-0.25, -0.2) is 13.1 Å². The first kappa shape index (κ1) is 17.8. The molecule has 21 heavy (non-hydrogen) atoms. The normalized spacial score (nSPS) is 12.4. The van der Waals surface area contributed by atoms with E-state index >= 15 is 0 Å². The molecule has 0 amide bonds. The van der Waals surface area contributed by atoms with Crippen LogP contribution in [0.3, 0.4) is 0 Å². The summed E-state index contributed by atoms with van der Waals surface area (Å²) >= 11 is 0. The van der Waals surface area contributed by atoms with E-state index in [2.05, 4.69) is 32.4 Å². The zero-order valence-corrected chi connectivity index (χ0v) is 14.2. The molecule has 120 valence electrons. The molecule has 0 aliphatic heterocycles. The minimum absolute atomic E-state index is 0.116. The molecule has 0 spiro atoms. The Labute approximate surface area is 127 Å². The van der Waals surface area contributed by atoms with Gasteiger partial charge in [-0.2, -0.15) is 0 Å². The van der Waals surface area contributed by atoms with Gasteiger partial charge in [0.2, 0.25) is 10.0 Å². The van der Waals surface area contributed by atoms with Crippen LogP contribution in [0.5, 0.6) is 5.75 Å². The monoisotopic (exact) mass is 314 g/mol. The molecule has 3 N–H and O–H groups in total. The molecule has 0 fully saturated rings. The molecule has 0 unspecified atom stereocenters. The number of ether oxygens (including phenoxy) is 1. The Morgan fingerprint density at radius 1 is 1.19 bits per heavy atom. The highest BCUT2D eigenvalue weighted by molar-refractivity contribution is 7.89. The predicted molar refractivity (Wildman–Crippen MR) is 85.8 cm³/mol. The van der Waals surface area contributed by atoms with E-state index in [1.165, 1.54) is 19.2 Å². The number of nitrogens with one attached hydrogen (secondary N) is 1. The molecular weight excluding hydrogens is 288 g/mol. The highest BCUT2D eigenvalue weighted by Gasteiger charge is 2.23. The van der Waals surface area contributed by atoms with Gasteiger partial charge in [-0.3, -0.25) is 0 Å². The molecule has 1 aromatic rings. The number of methoxy groups -OCH3 is 1. The van der Waals surface area contributed by atoms with Crippen molar-refractivity contribution >= 4 is 15.7 Å². The van der Waals surface area contributed by atoms with Crippen LogP contribution in [0.25, 0.3) is 0 Å². The van der Waals surface area contributed by atoms with Gasteiger partial charge >= 0.3 is 0 Å². The van der Waals surface area contributed by atoms with Crippen LogP contribution in [0, 0.1) is 17.8 Å².